The average molecular weight is 342 g/mol. The van der Waals surface area contributed by atoms with Crippen molar-refractivity contribution in [2.45, 2.75) is 42.7 Å². The van der Waals surface area contributed by atoms with Gasteiger partial charge in [0.2, 0.25) is 15.5 Å². The molecule has 4 atom stereocenters. The minimum atomic E-state index is -4.05. The van der Waals surface area contributed by atoms with Gasteiger partial charge in [-0.25, -0.2) is 13.6 Å². The molecule has 0 spiro atoms. The lowest BCUT2D eigenvalue weighted by Crippen LogP contribution is -2.39. The highest BCUT2D eigenvalue weighted by atomic mass is 32.2. The molecule has 2 saturated heterocycles. The number of nitrogens with two attached hydrogens (primary N) is 1. The first kappa shape index (κ1) is 17.4. The summed E-state index contributed by atoms with van der Waals surface area (Å²) >= 11 is 1.49. The zero-order valence-corrected chi connectivity index (χ0v) is 13.2. The van der Waals surface area contributed by atoms with Gasteiger partial charge < -0.3 is 20.1 Å². The summed E-state index contributed by atoms with van der Waals surface area (Å²) in [6.07, 6.45) is -2.27. The highest BCUT2D eigenvalue weighted by Crippen LogP contribution is 2.26. The number of aliphatic hydroxyl groups excluding tert-OH is 3. The van der Waals surface area contributed by atoms with Crippen molar-refractivity contribution in [2.75, 3.05) is 24.7 Å². The van der Waals surface area contributed by atoms with Crippen molar-refractivity contribution in [2.24, 2.45) is 5.14 Å². The van der Waals surface area contributed by atoms with E-state index in [0.717, 1.165) is 25.9 Å². The van der Waals surface area contributed by atoms with Crippen LogP contribution in [0.25, 0.3) is 0 Å². The Kier molecular flexibility index (Phi) is 5.88. The Morgan fingerprint density at radius 3 is 2.33 bits per heavy atom. The number of piperidine rings is 1. The maximum atomic E-state index is 11.2. The van der Waals surface area contributed by atoms with Gasteiger partial charge >= 0.3 is 0 Å². The quantitative estimate of drug-likeness (QED) is 0.445. The molecule has 5 N–H and O–H groups in total. The van der Waals surface area contributed by atoms with Gasteiger partial charge in [0.05, 0.1) is 12.2 Å². The van der Waals surface area contributed by atoms with Gasteiger partial charge in [0.15, 0.2) is 0 Å². The first-order chi connectivity index (χ1) is 9.79. The van der Waals surface area contributed by atoms with E-state index >= 15 is 0 Å². The summed E-state index contributed by atoms with van der Waals surface area (Å²) < 4.78 is 27.6. The van der Waals surface area contributed by atoms with Gasteiger partial charge in [-0.05, 0) is 12.8 Å². The molecule has 0 saturated carbocycles. The fourth-order valence-corrected chi connectivity index (χ4v) is 4.45. The normalized spacial score (nSPS) is 36.2. The molecule has 2 fully saturated rings. The number of sulfonamides is 1. The predicted octanol–water partition coefficient (Wildman–Crippen LogP) is -2.13. The van der Waals surface area contributed by atoms with E-state index in [2.05, 4.69) is 4.90 Å². The molecule has 0 aromatic heterocycles. The number of aliphatic hydroxyl groups is 3. The zero-order valence-electron chi connectivity index (χ0n) is 11.5. The number of primary sulfonamides is 1. The van der Waals surface area contributed by atoms with E-state index in [1.54, 1.807) is 0 Å². The lowest BCUT2D eigenvalue weighted by molar-refractivity contribution is 0.0336. The smallest absolute Gasteiger partial charge is 0.239 e. The van der Waals surface area contributed by atoms with Crippen molar-refractivity contribution in [3.63, 3.8) is 0 Å². The molecule has 0 bridgehead atoms. The monoisotopic (exact) mass is 342 g/mol. The average Bonchev–Trinajstić information content (AvgIpc) is 2.69. The Labute approximate surface area is 128 Å². The van der Waals surface area contributed by atoms with Crippen LogP contribution in [0.4, 0.5) is 0 Å². The van der Waals surface area contributed by atoms with Crippen LogP contribution in [0.15, 0.2) is 0 Å². The first-order valence-corrected chi connectivity index (χ1v) is 9.57. The number of likely N-dealkylation sites (tertiary alicyclic amines) is 1. The van der Waals surface area contributed by atoms with Gasteiger partial charge in [-0.15, -0.1) is 11.8 Å². The SMILES string of the molecule is NS(=O)(=O)C1OC(CSCN2CCC(O)CC2)C(O)C1O. The van der Waals surface area contributed by atoms with E-state index in [9.17, 15) is 23.7 Å². The Bertz CT molecular complexity index is 440. The molecule has 2 heterocycles. The van der Waals surface area contributed by atoms with Crippen LogP contribution in [0.5, 0.6) is 0 Å². The van der Waals surface area contributed by atoms with Crippen molar-refractivity contribution in [1.29, 1.82) is 0 Å². The summed E-state index contributed by atoms with van der Waals surface area (Å²) in [5.74, 6) is 1.07. The highest BCUT2D eigenvalue weighted by Gasteiger charge is 2.47. The molecule has 124 valence electrons. The van der Waals surface area contributed by atoms with Gasteiger partial charge in [0, 0.05) is 24.7 Å². The van der Waals surface area contributed by atoms with Crippen LogP contribution in [0.2, 0.25) is 0 Å². The van der Waals surface area contributed by atoms with Gasteiger partial charge in [-0.2, -0.15) is 0 Å². The van der Waals surface area contributed by atoms with Gasteiger partial charge in [0.1, 0.15) is 12.2 Å². The Balaban J connectivity index is 1.76. The molecular formula is C11H22N2O6S2. The topological polar surface area (TPSA) is 133 Å². The fraction of sp³-hybridized carbons (Fsp3) is 1.00. The van der Waals surface area contributed by atoms with Crippen molar-refractivity contribution >= 4 is 21.8 Å². The van der Waals surface area contributed by atoms with Crippen LogP contribution in [0.3, 0.4) is 0 Å². The number of hydrogen-bond acceptors (Lipinski definition) is 8. The van der Waals surface area contributed by atoms with Crippen molar-refractivity contribution < 1.29 is 28.5 Å². The summed E-state index contributed by atoms with van der Waals surface area (Å²) in [4.78, 5) is 2.17. The highest BCUT2D eigenvalue weighted by molar-refractivity contribution is 7.99. The molecule has 21 heavy (non-hydrogen) atoms. The molecule has 4 unspecified atom stereocenters. The molecule has 0 aromatic carbocycles. The second-order valence-electron chi connectivity index (χ2n) is 5.46. The second kappa shape index (κ2) is 7.09. The molecule has 10 heteroatoms. The van der Waals surface area contributed by atoms with Crippen LogP contribution in [0, 0.1) is 0 Å². The number of nitrogens with zero attached hydrogens (tertiary/aromatic N) is 1. The summed E-state index contributed by atoms with van der Waals surface area (Å²) in [5.41, 5.74) is -1.57. The maximum Gasteiger partial charge on any atom is 0.239 e. The molecule has 8 nitrogen and oxygen atoms in total. The van der Waals surface area contributed by atoms with Gasteiger partial charge in [-0.1, -0.05) is 0 Å². The largest absolute Gasteiger partial charge is 0.393 e. The summed E-state index contributed by atoms with van der Waals surface area (Å²) in [6.45, 7) is 1.62. The van der Waals surface area contributed by atoms with Crippen LogP contribution in [-0.4, -0.2) is 83.2 Å². The predicted molar refractivity (Wildman–Crippen MR) is 77.9 cm³/mol. The van der Waals surface area contributed by atoms with E-state index in [0.29, 0.717) is 11.6 Å². The molecule has 0 radical (unpaired) electrons. The summed E-state index contributed by atoms with van der Waals surface area (Å²) in [5, 5.41) is 33.8. The Morgan fingerprint density at radius 1 is 1.19 bits per heavy atom. The lowest BCUT2D eigenvalue weighted by atomic mass is 10.1. The minimum absolute atomic E-state index is 0.225. The third kappa shape index (κ3) is 4.52. The van der Waals surface area contributed by atoms with Crippen LogP contribution in [-0.2, 0) is 14.8 Å². The number of rotatable bonds is 5. The van der Waals surface area contributed by atoms with Crippen LogP contribution < -0.4 is 5.14 Å². The van der Waals surface area contributed by atoms with Crippen molar-refractivity contribution in [1.82, 2.24) is 4.90 Å². The summed E-state index contributed by atoms with van der Waals surface area (Å²) in [6, 6.07) is 0. The lowest BCUT2D eigenvalue weighted by Gasteiger charge is -2.29. The molecule has 2 aliphatic rings. The van der Waals surface area contributed by atoms with E-state index in [4.69, 9.17) is 9.88 Å². The van der Waals surface area contributed by atoms with Gasteiger partial charge in [0.25, 0.3) is 0 Å². The van der Waals surface area contributed by atoms with E-state index in [1.807, 2.05) is 0 Å². The third-order valence-corrected chi connectivity index (χ3v) is 5.90. The Morgan fingerprint density at radius 2 is 1.81 bits per heavy atom. The molecular weight excluding hydrogens is 320 g/mol. The van der Waals surface area contributed by atoms with E-state index < -0.39 is 33.8 Å². The molecule has 0 aromatic rings. The van der Waals surface area contributed by atoms with Crippen LogP contribution >= 0.6 is 11.8 Å². The first-order valence-electron chi connectivity index (χ1n) is 6.80. The standard InChI is InChI=1S/C11H22N2O6S2/c12-21(17,18)11-10(16)9(15)8(19-11)5-20-6-13-3-1-7(14)2-4-13/h7-11,14-16H,1-6H2,(H2,12,17,18). The fourth-order valence-electron chi connectivity index (χ4n) is 2.47. The number of ether oxygens (including phenoxy) is 1. The number of thioether (sulfide) groups is 1. The molecule has 2 rings (SSSR count). The van der Waals surface area contributed by atoms with E-state index in [1.165, 1.54) is 11.8 Å². The maximum absolute atomic E-state index is 11.2. The zero-order chi connectivity index (χ0) is 15.6. The molecule has 0 amide bonds. The molecule has 0 aliphatic carbocycles. The number of hydrogen-bond donors (Lipinski definition) is 4. The second-order valence-corrected chi connectivity index (χ2v) is 8.10. The van der Waals surface area contributed by atoms with Crippen molar-refractivity contribution in [3.05, 3.63) is 0 Å². The van der Waals surface area contributed by atoms with E-state index in [-0.39, 0.29) is 6.10 Å². The minimum Gasteiger partial charge on any atom is -0.393 e. The van der Waals surface area contributed by atoms with Crippen LogP contribution in [0.1, 0.15) is 12.8 Å². The molecule has 2 aliphatic heterocycles. The third-order valence-electron chi connectivity index (χ3n) is 3.76. The van der Waals surface area contributed by atoms with Gasteiger partial charge in [-0.3, -0.25) is 4.90 Å². The Hall–Kier alpha value is 0.0600. The summed E-state index contributed by atoms with van der Waals surface area (Å²) in [7, 11) is -4.05. The van der Waals surface area contributed by atoms with Crippen molar-refractivity contribution in [3.8, 4) is 0 Å².